The highest BCUT2D eigenvalue weighted by atomic mass is 35.5. The van der Waals surface area contributed by atoms with Crippen LogP contribution in [0.1, 0.15) is 44.9 Å². The fourth-order valence-corrected chi connectivity index (χ4v) is 3.54. The molecular weight excluding hydrogens is 312 g/mol. The number of hydrogen-bond donors (Lipinski definition) is 2. The lowest BCUT2D eigenvalue weighted by atomic mass is 9.86. The van der Waals surface area contributed by atoms with Gasteiger partial charge in [0, 0.05) is 18.0 Å². The molecular formula is C18H21ClN2O2. The van der Waals surface area contributed by atoms with E-state index in [0.717, 1.165) is 11.8 Å². The van der Waals surface area contributed by atoms with E-state index in [4.69, 9.17) is 11.6 Å². The lowest BCUT2D eigenvalue weighted by Crippen LogP contribution is -2.15. The van der Waals surface area contributed by atoms with Gasteiger partial charge in [0.2, 0.25) is 5.91 Å². The molecule has 1 aromatic heterocycles. The lowest BCUT2D eigenvalue weighted by molar-refractivity contribution is -0.116. The van der Waals surface area contributed by atoms with Gasteiger partial charge in [-0.1, -0.05) is 43.7 Å². The molecule has 2 N–H and O–H groups in total. The Morgan fingerprint density at radius 3 is 2.83 bits per heavy atom. The van der Waals surface area contributed by atoms with Gasteiger partial charge in [0.05, 0.1) is 10.7 Å². The summed E-state index contributed by atoms with van der Waals surface area (Å²) in [7, 11) is 0. The Kier molecular flexibility index (Phi) is 5.01. The third kappa shape index (κ3) is 3.94. The molecule has 3 rings (SSSR count). The predicted molar refractivity (Wildman–Crippen MR) is 94.0 cm³/mol. The number of halogens is 1. The molecule has 1 heterocycles. The Hall–Kier alpha value is -1.81. The van der Waals surface area contributed by atoms with Crippen LogP contribution < -0.4 is 10.9 Å². The molecule has 0 spiro atoms. The minimum atomic E-state index is -0.181. The molecule has 122 valence electrons. The zero-order valence-electron chi connectivity index (χ0n) is 13.0. The van der Waals surface area contributed by atoms with Crippen LogP contribution in [0.2, 0.25) is 5.02 Å². The molecule has 2 aromatic rings. The fraction of sp³-hybridized carbons (Fsp3) is 0.444. The summed E-state index contributed by atoms with van der Waals surface area (Å²) in [6, 6.07) is 5.16. The van der Waals surface area contributed by atoms with Crippen molar-refractivity contribution in [2.24, 2.45) is 5.92 Å². The van der Waals surface area contributed by atoms with Crippen molar-refractivity contribution in [2.75, 3.05) is 5.32 Å². The number of amides is 1. The Morgan fingerprint density at radius 2 is 2.04 bits per heavy atom. The summed E-state index contributed by atoms with van der Waals surface area (Å²) in [5.74, 6) is 0.668. The molecule has 0 bridgehead atoms. The van der Waals surface area contributed by atoms with Crippen molar-refractivity contribution < 1.29 is 4.79 Å². The summed E-state index contributed by atoms with van der Waals surface area (Å²) in [5.41, 5.74) is 0.387. The molecule has 1 fully saturated rings. The van der Waals surface area contributed by atoms with Crippen LogP contribution in [0.15, 0.2) is 29.2 Å². The fourth-order valence-electron chi connectivity index (χ4n) is 3.33. The minimum absolute atomic E-state index is 0.0123. The first-order valence-corrected chi connectivity index (χ1v) is 8.62. The highest BCUT2D eigenvalue weighted by Crippen LogP contribution is 2.29. The molecule has 0 unspecified atom stereocenters. The number of hydrogen-bond acceptors (Lipinski definition) is 2. The summed E-state index contributed by atoms with van der Waals surface area (Å²) >= 11 is 6.20. The van der Waals surface area contributed by atoms with Crippen molar-refractivity contribution in [2.45, 2.75) is 44.9 Å². The molecule has 5 heteroatoms. The van der Waals surface area contributed by atoms with Gasteiger partial charge in [-0.2, -0.15) is 0 Å². The number of benzene rings is 1. The first kappa shape index (κ1) is 16.1. The van der Waals surface area contributed by atoms with Gasteiger partial charge in [0.15, 0.2) is 0 Å². The van der Waals surface area contributed by atoms with Gasteiger partial charge < -0.3 is 10.3 Å². The van der Waals surface area contributed by atoms with Crippen molar-refractivity contribution in [3.05, 3.63) is 39.8 Å². The first-order valence-electron chi connectivity index (χ1n) is 8.24. The maximum atomic E-state index is 12.2. The van der Waals surface area contributed by atoms with Gasteiger partial charge in [-0.25, -0.2) is 0 Å². The van der Waals surface area contributed by atoms with Crippen molar-refractivity contribution in [3.8, 4) is 0 Å². The molecule has 23 heavy (non-hydrogen) atoms. The summed E-state index contributed by atoms with van der Waals surface area (Å²) in [6.45, 7) is 0. The van der Waals surface area contributed by atoms with E-state index in [1.807, 2.05) is 0 Å². The van der Waals surface area contributed by atoms with Crippen LogP contribution >= 0.6 is 11.6 Å². The number of anilines is 1. The van der Waals surface area contributed by atoms with E-state index in [1.54, 1.807) is 24.4 Å². The number of fused-ring (bicyclic) bond motifs is 1. The van der Waals surface area contributed by atoms with Gasteiger partial charge in [0.1, 0.15) is 0 Å². The zero-order chi connectivity index (χ0) is 16.2. The summed E-state index contributed by atoms with van der Waals surface area (Å²) in [6.07, 6.45) is 9.45. The average molecular weight is 333 g/mol. The van der Waals surface area contributed by atoms with E-state index in [9.17, 15) is 9.59 Å². The van der Waals surface area contributed by atoms with Crippen LogP contribution in [0, 0.1) is 5.92 Å². The van der Waals surface area contributed by atoms with Crippen molar-refractivity contribution in [3.63, 3.8) is 0 Å². The van der Waals surface area contributed by atoms with Gasteiger partial charge >= 0.3 is 0 Å². The van der Waals surface area contributed by atoms with Crippen LogP contribution in [0.25, 0.3) is 10.8 Å². The molecule has 1 saturated carbocycles. The molecule has 1 amide bonds. The predicted octanol–water partition coefficient (Wildman–Crippen LogP) is 4.48. The van der Waals surface area contributed by atoms with Gasteiger partial charge in [-0.3, -0.25) is 9.59 Å². The van der Waals surface area contributed by atoms with Crippen molar-refractivity contribution in [1.82, 2.24) is 4.98 Å². The van der Waals surface area contributed by atoms with Gasteiger partial charge in [0.25, 0.3) is 5.56 Å². The van der Waals surface area contributed by atoms with Crippen LogP contribution in [0.3, 0.4) is 0 Å². The normalized spacial score (nSPS) is 15.7. The van der Waals surface area contributed by atoms with E-state index < -0.39 is 0 Å². The number of rotatable bonds is 4. The van der Waals surface area contributed by atoms with E-state index in [2.05, 4.69) is 10.3 Å². The lowest BCUT2D eigenvalue weighted by Gasteiger charge is -2.21. The molecule has 0 saturated heterocycles. The maximum absolute atomic E-state index is 12.2. The Balaban J connectivity index is 1.67. The number of aromatic nitrogens is 1. The topological polar surface area (TPSA) is 62.0 Å². The standard InChI is InChI=1S/C18H21ClN2O2/c19-15-11-14-13(8-9-20-18(14)23)10-16(15)21-17(22)7-6-12-4-2-1-3-5-12/h8-12H,1-7H2,(H,20,23)(H,21,22). The maximum Gasteiger partial charge on any atom is 0.255 e. The third-order valence-corrected chi connectivity index (χ3v) is 4.95. The highest BCUT2D eigenvalue weighted by molar-refractivity contribution is 6.34. The van der Waals surface area contributed by atoms with Crippen LogP contribution in [-0.2, 0) is 4.79 Å². The molecule has 1 aliphatic rings. The summed E-state index contributed by atoms with van der Waals surface area (Å²) < 4.78 is 0. The van der Waals surface area contributed by atoms with Crippen molar-refractivity contribution in [1.29, 1.82) is 0 Å². The monoisotopic (exact) mass is 332 g/mol. The highest BCUT2D eigenvalue weighted by Gasteiger charge is 2.15. The van der Waals surface area contributed by atoms with E-state index in [0.29, 0.717) is 28.4 Å². The number of pyridine rings is 1. The number of carbonyl (C=O) groups excluding carboxylic acids is 1. The molecule has 4 nitrogen and oxygen atoms in total. The largest absolute Gasteiger partial charge is 0.329 e. The zero-order valence-corrected chi connectivity index (χ0v) is 13.8. The van der Waals surface area contributed by atoms with Crippen molar-refractivity contribution >= 4 is 34.0 Å². The minimum Gasteiger partial charge on any atom is -0.329 e. The van der Waals surface area contributed by atoms with Gasteiger partial charge in [-0.15, -0.1) is 0 Å². The van der Waals surface area contributed by atoms with Crippen LogP contribution in [0.5, 0.6) is 0 Å². The van der Waals surface area contributed by atoms with Gasteiger partial charge in [-0.05, 0) is 35.9 Å². The molecule has 0 atom stereocenters. The third-order valence-electron chi connectivity index (χ3n) is 4.64. The molecule has 1 aromatic carbocycles. The number of aromatic amines is 1. The van der Waals surface area contributed by atoms with Crippen LogP contribution in [0.4, 0.5) is 5.69 Å². The summed E-state index contributed by atoms with van der Waals surface area (Å²) in [4.78, 5) is 26.5. The quantitative estimate of drug-likeness (QED) is 0.867. The molecule has 1 aliphatic carbocycles. The second-order valence-electron chi connectivity index (χ2n) is 6.32. The Morgan fingerprint density at radius 1 is 1.26 bits per heavy atom. The van der Waals surface area contributed by atoms with E-state index in [1.165, 1.54) is 32.1 Å². The van der Waals surface area contributed by atoms with E-state index >= 15 is 0 Å². The molecule has 0 radical (unpaired) electrons. The van der Waals surface area contributed by atoms with E-state index in [-0.39, 0.29) is 11.5 Å². The number of H-pyrrole nitrogens is 1. The number of carbonyl (C=O) groups is 1. The Bertz CT molecular complexity index is 763. The second kappa shape index (κ2) is 7.18. The molecule has 0 aliphatic heterocycles. The SMILES string of the molecule is O=C(CCC1CCCCC1)Nc1cc2cc[nH]c(=O)c2cc1Cl. The smallest absolute Gasteiger partial charge is 0.255 e. The first-order chi connectivity index (χ1) is 11.1. The average Bonchev–Trinajstić information content (AvgIpc) is 2.56. The Labute approximate surface area is 140 Å². The second-order valence-corrected chi connectivity index (χ2v) is 6.72. The summed E-state index contributed by atoms with van der Waals surface area (Å²) in [5, 5.41) is 4.56. The number of nitrogens with one attached hydrogen (secondary N) is 2. The van der Waals surface area contributed by atoms with Crippen LogP contribution in [-0.4, -0.2) is 10.9 Å².